The van der Waals surface area contributed by atoms with E-state index in [-0.39, 0.29) is 43.0 Å². The highest BCUT2D eigenvalue weighted by Crippen LogP contribution is 2.44. The van der Waals surface area contributed by atoms with Gasteiger partial charge in [0, 0.05) is 89.0 Å². The van der Waals surface area contributed by atoms with E-state index in [0.29, 0.717) is 138 Å². The van der Waals surface area contributed by atoms with Crippen molar-refractivity contribution in [3.05, 3.63) is 124 Å². The van der Waals surface area contributed by atoms with Crippen LogP contribution in [0.15, 0.2) is 91.0 Å². The van der Waals surface area contributed by atoms with Crippen molar-refractivity contribution in [1.29, 1.82) is 0 Å². The average Bonchev–Trinajstić information content (AvgIpc) is 3.96. The molecule has 9 rings (SSSR count). The fraction of sp³-hybridized carbons (Fsp3) is 0.441. The molecule has 410 valence electrons. The summed E-state index contributed by atoms with van der Waals surface area (Å²) >= 11 is 0. The lowest BCUT2D eigenvalue weighted by atomic mass is 10.1. The van der Waals surface area contributed by atoms with Gasteiger partial charge in [-0.05, 0) is 90.4 Å². The highest BCUT2D eigenvalue weighted by atomic mass is 16.6. The minimum atomic E-state index is -0.0904. The first-order valence-electron chi connectivity index (χ1n) is 26.8. The smallest absolute Gasteiger partial charge is 0.260 e. The third-order valence-electron chi connectivity index (χ3n) is 14.4. The van der Waals surface area contributed by atoms with Crippen molar-refractivity contribution in [2.24, 2.45) is 0 Å². The van der Waals surface area contributed by atoms with Crippen molar-refractivity contribution in [3.63, 3.8) is 0 Å². The lowest BCUT2D eigenvalue weighted by Crippen LogP contribution is -2.41. The molecule has 0 aromatic heterocycles. The number of carbonyl (C=O) groups excluding carboxylic acids is 3. The van der Waals surface area contributed by atoms with Crippen LogP contribution in [-0.4, -0.2) is 137 Å². The number of methoxy groups -OCH3 is 3. The van der Waals surface area contributed by atoms with Crippen LogP contribution in [0, 0.1) is 0 Å². The summed E-state index contributed by atoms with van der Waals surface area (Å²) in [5.41, 5.74) is 12.1. The van der Waals surface area contributed by atoms with E-state index in [1.807, 2.05) is 78.4 Å². The molecule has 4 heterocycles. The van der Waals surface area contributed by atoms with Gasteiger partial charge in [0.15, 0.2) is 23.0 Å². The monoisotopic (exact) mass is 1060 g/mol. The standard InChI is InChI=1S/C59H73N7O11/c1-6-62-77-21-12-18-60-57(67)17-11-19-64(20-22-73-25-26-74-24-23-70-3)44-28-40(38-75-55-34-49-47(32-53(55)71-4)58(68)65-45(36-61-49)30-42-13-7-9-15-50(42)65)27-41(29-44)39-76-56-35-52-48(33-54(56)72-5)59(69)66-46(37-63(52)2)31-43-14-8-10-16-51(43)66/h7-10,13-16,27-29,32-35,45-46,61-62H,6,11-12,17-26,30-31,36-39H2,1-5H3,(H,60,67)/t45-,46-/m0/s1. The molecule has 0 radical (unpaired) electrons. The molecule has 4 aliphatic rings. The summed E-state index contributed by atoms with van der Waals surface area (Å²) < 4.78 is 42.0. The van der Waals surface area contributed by atoms with Gasteiger partial charge in [0.1, 0.15) is 13.2 Å². The summed E-state index contributed by atoms with van der Waals surface area (Å²) in [5, 5.41) is 6.56. The molecular formula is C59H73N7O11. The Kier molecular flexibility index (Phi) is 18.7. The summed E-state index contributed by atoms with van der Waals surface area (Å²) in [6.07, 6.45) is 3.15. The van der Waals surface area contributed by atoms with Gasteiger partial charge < -0.3 is 68.2 Å². The Morgan fingerprint density at radius 3 is 1.99 bits per heavy atom. The number of hydrogen-bond acceptors (Lipinski definition) is 15. The minimum Gasteiger partial charge on any atom is -0.493 e. The van der Waals surface area contributed by atoms with Gasteiger partial charge in [-0.2, -0.15) is 0 Å². The Morgan fingerprint density at radius 2 is 1.30 bits per heavy atom. The molecule has 0 bridgehead atoms. The van der Waals surface area contributed by atoms with Gasteiger partial charge >= 0.3 is 0 Å². The summed E-state index contributed by atoms with van der Waals surface area (Å²) in [6.45, 7) is 8.52. The summed E-state index contributed by atoms with van der Waals surface area (Å²) in [7, 11) is 6.81. The number of likely N-dealkylation sites (N-methyl/N-ethyl adjacent to an activating group) is 1. The molecule has 18 nitrogen and oxygen atoms in total. The Hall–Kier alpha value is -7.09. The van der Waals surface area contributed by atoms with Gasteiger partial charge in [0.05, 0.1) is 88.4 Å². The number of carbonyl (C=O) groups is 3. The molecule has 5 aromatic carbocycles. The van der Waals surface area contributed by atoms with Crippen molar-refractivity contribution in [2.75, 3.05) is 132 Å². The van der Waals surface area contributed by atoms with Crippen LogP contribution in [0.3, 0.4) is 0 Å². The van der Waals surface area contributed by atoms with Crippen molar-refractivity contribution < 1.29 is 52.4 Å². The largest absolute Gasteiger partial charge is 0.493 e. The van der Waals surface area contributed by atoms with Gasteiger partial charge in [-0.25, -0.2) is 5.48 Å². The zero-order valence-corrected chi connectivity index (χ0v) is 45.0. The highest BCUT2D eigenvalue weighted by molar-refractivity contribution is 6.13. The Balaban J connectivity index is 0.980. The van der Waals surface area contributed by atoms with E-state index >= 15 is 0 Å². The second-order valence-corrected chi connectivity index (χ2v) is 19.6. The minimum absolute atomic E-state index is 0.0124. The molecule has 18 heteroatoms. The van der Waals surface area contributed by atoms with Crippen LogP contribution in [0.2, 0.25) is 0 Å². The molecule has 0 unspecified atom stereocenters. The number of amides is 3. The van der Waals surface area contributed by atoms with Crippen LogP contribution in [0.5, 0.6) is 23.0 Å². The predicted octanol–water partition coefficient (Wildman–Crippen LogP) is 7.19. The van der Waals surface area contributed by atoms with E-state index in [1.165, 1.54) is 0 Å². The van der Waals surface area contributed by atoms with E-state index < -0.39 is 0 Å². The molecule has 77 heavy (non-hydrogen) atoms. The third kappa shape index (κ3) is 13.0. The van der Waals surface area contributed by atoms with Crippen LogP contribution in [-0.2, 0) is 49.9 Å². The van der Waals surface area contributed by atoms with Gasteiger partial charge in [0.25, 0.3) is 11.8 Å². The number of nitrogens with zero attached hydrogens (tertiary/aromatic N) is 4. The lowest BCUT2D eigenvalue weighted by molar-refractivity contribution is -0.121. The van der Waals surface area contributed by atoms with E-state index in [1.54, 1.807) is 33.5 Å². The van der Waals surface area contributed by atoms with Crippen LogP contribution in [0.1, 0.15) is 69.2 Å². The first-order valence-corrected chi connectivity index (χ1v) is 26.8. The van der Waals surface area contributed by atoms with E-state index in [4.69, 9.17) is 38.0 Å². The quantitative estimate of drug-likeness (QED) is 0.0339. The first kappa shape index (κ1) is 54.7. The number of hydrogen-bond donors (Lipinski definition) is 3. The first-order chi connectivity index (χ1) is 37.7. The molecule has 0 saturated heterocycles. The molecule has 0 spiro atoms. The number of benzene rings is 5. The molecule has 2 atom stereocenters. The van der Waals surface area contributed by atoms with E-state index in [0.717, 1.165) is 57.8 Å². The molecule has 4 aliphatic heterocycles. The zero-order chi connectivity index (χ0) is 53.7. The fourth-order valence-corrected chi connectivity index (χ4v) is 10.6. The molecule has 0 fully saturated rings. The van der Waals surface area contributed by atoms with Gasteiger partial charge in [0.2, 0.25) is 5.91 Å². The lowest BCUT2D eigenvalue weighted by Gasteiger charge is -2.26. The number of fused-ring (bicyclic) bond motifs is 8. The van der Waals surface area contributed by atoms with Crippen LogP contribution < -0.4 is 54.7 Å². The van der Waals surface area contributed by atoms with Crippen LogP contribution in [0.4, 0.5) is 28.4 Å². The number of ether oxygens (including phenoxy) is 7. The molecule has 0 saturated carbocycles. The Labute approximate surface area is 451 Å². The SMILES string of the molecule is CCNOCCCNC(=O)CCCN(CCOCCOCCOC)c1cc(COc2cc3c(cc2OC)C(=O)N2c4ccccc4C[C@H]2CN3)cc(COc2cc3c(cc2OC)C(=O)N2c4ccccc4C[C@H]2CN3C)c1. The average molecular weight is 1060 g/mol. The number of nitrogens with one attached hydrogen (secondary N) is 3. The fourth-order valence-electron chi connectivity index (χ4n) is 10.6. The van der Waals surface area contributed by atoms with E-state index in [2.05, 4.69) is 50.2 Å². The summed E-state index contributed by atoms with van der Waals surface area (Å²) in [6, 6.07) is 29.7. The van der Waals surface area contributed by atoms with Crippen LogP contribution >= 0.6 is 0 Å². The summed E-state index contributed by atoms with van der Waals surface area (Å²) in [5.74, 6) is 1.65. The molecule has 3 N–H and O–H groups in total. The normalized spacial score (nSPS) is 16.0. The van der Waals surface area contributed by atoms with Crippen molar-refractivity contribution >= 4 is 46.2 Å². The molecular weight excluding hydrogens is 983 g/mol. The second-order valence-electron chi connectivity index (χ2n) is 19.6. The van der Waals surface area contributed by atoms with Gasteiger partial charge in [-0.15, -0.1) is 0 Å². The third-order valence-corrected chi connectivity index (χ3v) is 14.4. The number of rotatable bonds is 28. The van der Waals surface area contributed by atoms with Crippen molar-refractivity contribution in [2.45, 2.75) is 64.3 Å². The Morgan fingerprint density at radius 1 is 0.675 bits per heavy atom. The maximum Gasteiger partial charge on any atom is 0.260 e. The van der Waals surface area contributed by atoms with E-state index in [9.17, 15) is 14.4 Å². The molecule has 3 amide bonds. The number of para-hydroxylation sites is 2. The Bertz CT molecular complexity index is 2850. The van der Waals surface area contributed by atoms with Gasteiger partial charge in [-0.3, -0.25) is 14.4 Å². The molecule has 0 aliphatic carbocycles. The number of hydroxylamine groups is 1. The topological polar surface area (TPSA) is 174 Å². The van der Waals surface area contributed by atoms with Crippen LogP contribution in [0.25, 0.3) is 0 Å². The highest BCUT2D eigenvalue weighted by Gasteiger charge is 2.40. The zero-order valence-electron chi connectivity index (χ0n) is 45.0. The maximum atomic E-state index is 14.4. The summed E-state index contributed by atoms with van der Waals surface area (Å²) in [4.78, 5) is 55.2. The second kappa shape index (κ2) is 26.3. The van der Waals surface area contributed by atoms with Crippen molar-refractivity contribution in [1.82, 2.24) is 10.8 Å². The maximum absolute atomic E-state index is 14.4. The molecule has 5 aromatic rings. The number of anilines is 5. The van der Waals surface area contributed by atoms with Gasteiger partial charge in [-0.1, -0.05) is 43.3 Å². The predicted molar refractivity (Wildman–Crippen MR) is 297 cm³/mol. The van der Waals surface area contributed by atoms with Crippen molar-refractivity contribution in [3.8, 4) is 23.0 Å².